The summed E-state index contributed by atoms with van der Waals surface area (Å²) in [5, 5.41) is 10.5. The van der Waals surface area contributed by atoms with Crippen molar-refractivity contribution in [3.63, 3.8) is 0 Å². The van der Waals surface area contributed by atoms with Crippen LogP contribution in [0.25, 0.3) is 0 Å². The number of hydrogen-bond acceptors (Lipinski definition) is 1. The first-order valence-electron chi connectivity index (χ1n) is 15.3. The van der Waals surface area contributed by atoms with Crippen molar-refractivity contribution >= 4 is 0 Å². The highest BCUT2D eigenvalue weighted by Gasteiger charge is 2.65. The molecule has 0 saturated heterocycles. The largest absolute Gasteiger partial charge is 0.417 e. The van der Waals surface area contributed by atoms with Crippen LogP contribution in [0.3, 0.4) is 0 Å². The zero-order chi connectivity index (χ0) is 25.1. The first-order chi connectivity index (χ1) is 16.5. The lowest BCUT2D eigenvalue weighted by Crippen LogP contribution is -2.59. The number of rotatable bonds is 5. The molecule has 0 heterocycles. The van der Waals surface area contributed by atoms with E-state index < -0.39 is 11.8 Å². The highest BCUT2D eigenvalue weighted by atomic mass is 19.4. The topological polar surface area (TPSA) is 20.2 Å². The van der Waals surface area contributed by atoms with Crippen LogP contribution < -0.4 is 0 Å². The van der Waals surface area contributed by atoms with Gasteiger partial charge in [0.05, 0.1) is 0 Å². The molecule has 5 rings (SSSR count). The molecule has 4 heteroatoms. The van der Waals surface area contributed by atoms with Gasteiger partial charge in [-0.2, -0.15) is 13.2 Å². The Balaban J connectivity index is 1.22. The zero-order valence-electron chi connectivity index (χ0n) is 22.6. The second-order valence-corrected chi connectivity index (χ2v) is 14.5. The molecule has 202 valence electrons. The minimum atomic E-state index is -4.50. The van der Waals surface area contributed by atoms with Gasteiger partial charge in [-0.05, 0) is 110 Å². The monoisotopic (exact) mass is 496 g/mol. The Kier molecular flexibility index (Phi) is 7.15. The predicted molar refractivity (Wildman–Crippen MR) is 136 cm³/mol. The lowest BCUT2D eigenvalue weighted by atomic mass is 9.43. The Bertz CT molecular complexity index is 744. The molecule has 5 aliphatic rings. The normalized spacial score (nSPS) is 47.6. The molecular formula is C31H51F3O. The van der Waals surface area contributed by atoms with E-state index in [4.69, 9.17) is 0 Å². The van der Waals surface area contributed by atoms with Gasteiger partial charge in [0.25, 0.3) is 0 Å². The van der Waals surface area contributed by atoms with E-state index in [-0.39, 0.29) is 24.2 Å². The molecule has 0 aromatic heterocycles. The molecule has 0 radical (unpaired) electrons. The van der Waals surface area contributed by atoms with E-state index in [1.807, 2.05) is 0 Å². The van der Waals surface area contributed by atoms with Crippen molar-refractivity contribution in [1.29, 1.82) is 0 Å². The summed E-state index contributed by atoms with van der Waals surface area (Å²) in [6.07, 6.45) is 14.5. The predicted octanol–water partition coefficient (Wildman–Crippen LogP) is 9.33. The quantitative estimate of drug-likeness (QED) is 0.402. The van der Waals surface area contributed by atoms with Crippen molar-refractivity contribution in [2.24, 2.45) is 52.3 Å². The maximum absolute atomic E-state index is 13.6. The summed E-state index contributed by atoms with van der Waals surface area (Å²) >= 11 is 0. The summed E-state index contributed by atoms with van der Waals surface area (Å²) in [6, 6.07) is 0. The van der Waals surface area contributed by atoms with Crippen molar-refractivity contribution in [3.8, 4) is 0 Å². The van der Waals surface area contributed by atoms with Crippen LogP contribution in [-0.4, -0.2) is 16.9 Å². The second-order valence-electron chi connectivity index (χ2n) is 14.5. The van der Waals surface area contributed by atoms with Crippen LogP contribution in [0, 0.1) is 52.3 Å². The van der Waals surface area contributed by atoms with Gasteiger partial charge in [-0.3, -0.25) is 0 Å². The van der Waals surface area contributed by atoms with Gasteiger partial charge in [0.2, 0.25) is 0 Å². The highest BCUT2D eigenvalue weighted by molar-refractivity contribution is 5.11. The van der Waals surface area contributed by atoms with Gasteiger partial charge in [-0.15, -0.1) is 0 Å². The van der Waals surface area contributed by atoms with Crippen LogP contribution >= 0.6 is 0 Å². The number of aliphatic hydroxyl groups is 1. The summed E-state index contributed by atoms with van der Waals surface area (Å²) in [6.45, 7) is 7.43. The molecule has 0 aromatic rings. The molecular weight excluding hydrogens is 445 g/mol. The van der Waals surface area contributed by atoms with E-state index in [1.54, 1.807) is 0 Å². The smallest absolute Gasteiger partial charge is 0.380 e. The van der Waals surface area contributed by atoms with Crippen LogP contribution in [0.15, 0.2) is 0 Å². The molecule has 1 N–H and O–H groups in total. The molecule has 0 aliphatic heterocycles. The van der Waals surface area contributed by atoms with Crippen LogP contribution in [0.2, 0.25) is 0 Å². The Hall–Kier alpha value is -0.250. The van der Waals surface area contributed by atoms with E-state index >= 15 is 0 Å². The standard InChI is InChI=1S/C31H51F3O/c1-21(8-7-11-22-9-5-4-6-10-22)25-14-15-26-24-13-12-23-20-30(35,31(32,33)34)19-18-28(23,2)27(24)16-17-29(25,26)3/h21-27,35H,4-20H2,1-3H3/t21-,23+,24+,25?,26?,27+,28+,29-,30+/m1/s1. The zero-order valence-corrected chi connectivity index (χ0v) is 22.6. The third-order valence-corrected chi connectivity index (χ3v) is 13.0. The molecule has 0 amide bonds. The summed E-state index contributed by atoms with van der Waals surface area (Å²) in [7, 11) is 0. The molecule has 2 unspecified atom stereocenters. The van der Waals surface area contributed by atoms with E-state index in [0.29, 0.717) is 23.7 Å². The van der Waals surface area contributed by atoms with Gasteiger partial charge >= 0.3 is 6.18 Å². The molecule has 35 heavy (non-hydrogen) atoms. The van der Waals surface area contributed by atoms with Crippen molar-refractivity contribution in [2.45, 2.75) is 142 Å². The average Bonchev–Trinajstić information content (AvgIpc) is 3.17. The van der Waals surface area contributed by atoms with Crippen molar-refractivity contribution in [1.82, 2.24) is 0 Å². The SMILES string of the molecule is C[C@H](CCCC1CCCCC1)C1CCC2[C@@H]3CC[C@H]4C[C@](O)(C(F)(F)F)CC[C@]4(C)[C@H]3CC[C@]12C. The number of fused-ring (bicyclic) bond motifs is 5. The lowest BCUT2D eigenvalue weighted by Gasteiger charge is -2.62. The highest BCUT2D eigenvalue weighted by Crippen LogP contribution is 2.69. The van der Waals surface area contributed by atoms with Crippen LogP contribution in [0.4, 0.5) is 13.2 Å². The van der Waals surface area contributed by atoms with Crippen LogP contribution in [0.5, 0.6) is 0 Å². The van der Waals surface area contributed by atoms with E-state index in [9.17, 15) is 18.3 Å². The molecule has 5 saturated carbocycles. The fraction of sp³-hybridized carbons (Fsp3) is 1.00. The van der Waals surface area contributed by atoms with Crippen molar-refractivity contribution in [2.75, 3.05) is 0 Å². The van der Waals surface area contributed by atoms with Crippen molar-refractivity contribution < 1.29 is 18.3 Å². The van der Waals surface area contributed by atoms with E-state index in [1.165, 1.54) is 77.0 Å². The molecule has 0 bridgehead atoms. The number of alkyl halides is 3. The van der Waals surface area contributed by atoms with Gasteiger partial charge in [0, 0.05) is 0 Å². The summed E-state index contributed by atoms with van der Waals surface area (Å²) < 4.78 is 40.9. The Morgan fingerprint density at radius 2 is 1.54 bits per heavy atom. The van der Waals surface area contributed by atoms with Gasteiger partial charge in [0.1, 0.15) is 0 Å². The third-order valence-electron chi connectivity index (χ3n) is 13.0. The van der Waals surface area contributed by atoms with Crippen LogP contribution in [-0.2, 0) is 0 Å². The summed E-state index contributed by atoms with van der Waals surface area (Å²) in [4.78, 5) is 0. The number of halogens is 3. The van der Waals surface area contributed by atoms with Crippen molar-refractivity contribution in [3.05, 3.63) is 0 Å². The molecule has 5 fully saturated rings. The molecule has 0 aromatic carbocycles. The first-order valence-corrected chi connectivity index (χ1v) is 15.3. The minimum absolute atomic E-state index is 0.0180. The van der Waals surface area contributed by atoms with E-state index in [0.717, 1.165) is 36.5 Å². The molecule has 5 aliphatic carbocycles. The number of hydrogen-bond donors (Lipinski definition) is 1. The summed E-state index contributed by atoms with van der Waals surface area (Å²) in [5.74, 6) is 4.63. The van der Waals surface area contributed by atoms with Gasteiger partial charge in [-0.1, -0.05) is 72.1 Å². The van der Waals surface area contributed by atoms with Gasteiger partial charge < -0.3 is 5.11 Å². The Labute approximate surface area is 212 Å². The second kappa shape index (κ2) is 9.49. The Morgan fingerprint density at radius 3 is 2.26 bits per heavy atom. The third kappa shape index (κ3) is 4.52. The Morgan fingerprint density at radius 1 is 0.829 bits per heavy atom. The van der Waals surface area contributed by atoms with Crippen LogP contribution in [0.1, 0.15) is 130 Å². The average molecular weight is 497 g/mol. The minimum Gasteiger partial charge on any atom is -0.380 e. The lowest BCUT2D eigenvalue weighted by molar-refractivity contribution is -0.290. The first kappa shape index (κ1) is 26.4. The van der Waals surface area contributed by atoms with Gasteiger partial charge in [0.15, 0.2) is 5.60 Å². The fourth-order valence-corrected chi connectivity index (χ4v) is 10.9. The molecule has 1 nitrogen and oxygen atoms in total. The molecule has 9 atom stereocenters. The summed E-state index contributed by atoms with van der Waals surface area (Å²) in [5.41, 5.74) is -2.06. The van der Waals surface area contributed by atoms with Gasteiger partial charge in [-0.25, -0.2) is 0 Å². The maximum atomic E-state index is 13.6. The molecule has 0 spiro atoms. The maximum Gasteiger partial charge on any atom is 0.417 e. The van der Waals surface area contributed by atoms with E-state index in [2.05, 4.69) is 20.8 Å². The fourth-order valence-electron chi connectivity index (χ4n) is 10.9.